The molecule has 1 aromatic rings. The maximum atomic E-state index is 12.0. The van der Waals surface area contributed by atoms with Crippen LogP contribution in [0.1, 0.15) is 39.9 Å². The minimum atomic E-state index is -3.55. The summed E-state index contributed by atoms with van der Waals surface area (Å²) in [5, 5.41) is 3.21. The van der Waals surface area contributed by atoms with Gasteiger partial charge in [-0.15, -0.1) is 0 Å². The number of sulfonamides is 1. The lowest BCUT2D eigenvalue weighted by molar-refractivity contribution is 0.359. The Balaban J connectivity index is 2.61. The van der Waals surface area contributed by atoms with Crippen LogP contribution < -0.4 is 10.0 Å². The largest absolute Gasteiger partial charge is 0.447 e. The van der Waals surface area contributed by atoms with Gasteiger partial charge in [-0.1, -0.05) is 12.2 Å². The van der Waals surface area contributed by atoms with Gasteiger partial charge in [0.1, 0.15) is 5.76 Å². The lowest BCUT2D eigenvalue weighted by atomic mass is 10.1. The second kappa shape index (κ2) is 7.06. The molecule has 0 aliphatic carbocycles. The molecule has 0 bridgehead atoms. The van der Waals surface area contributed by atoms with Gasteiger partial charge in [-0.3, -0.25) is 0 Å². The summed E-state index contributed by atoms with van der Waals surface area (Å²) < 4.78 is 31.8. The average Bonchev–Trinajstić information content (AvgIpc) is 2.81. The zero-order valence-corrected chi connectivity index (χ0v) is 13.4. The zero-order chi connectivity index (χ0) is 15.2. The van der Waals surface area contributed by atoms with Crippen LogP contribution >= 0.6 is 0 Å². The van der Waals surface area contributed by atoms with E-state index in [0.717, 1.165) is 0 Å². The number of allylic oxidation sites excluding steroid dienone is 1. The maximum absolute atomic E-state index is 12.0. The summed E-state index contributed by atoms with van der Waals surface area (Å²) in [6.45, 7) is 8.87. The first-order chi connectivity index (χ1) is 9.24. The predicted octanol–water partition coefficient (Wildman–Crippen LogP) is 2.41. The van der Waals surface area contributed by atoms with Crippen molar-refractivity contribution in [2.24, 2.45) is 0 Å². The first kappa shape index (κ1) is 16.9. The molecule has 5 nitrogen and oxygen atoms in total. The maximum Gasteiger partial charge on any atom is 0.273 e. The lowest BCUT2D eigenvalue weighted by Gasteiger charge is -2.19. The van der Waals surface area contributed by atoms with Crippen molar-refractivity contribution in [3.05, 3.63) is 30.0 Å². The topological polar surface area (TPSA) is 71.3 Å². The van der Waals surface area contributed by atoms with E-state index in [2.05, 4.69) is 10.0 Å². The molecule has 0 aliphatic rings. The smallest absolute Gasteiger partial charge is 0.273 e. The normalized spacial score (nSPS) is 13.2. The van der Waals surface area contributed by atoms with E-state index >= 15 is 0 Å². The van der Waals surface area contributed by atoms with Crippen LogP contribution in [0, 0.1) is 0 Å². The molecule has 0 amide bonds. The summed E-state index contributed by atoms with van der Waals surface area (Å²) in [5.74, 6) is 0.605. The van der Waals surface area contributed by atoms with Gasteiger partial charge in [0.05, 0.1) is 6.54 Å². The second-order valence-corrected chi connectivity index (χ2v) is 7.28. The molecule has 0 saturated carbocycles. The summed E-state index contributed by atoms with van der Waals surface area (Å²) in [7, 11) is -3.55. The van der Waals surface area contributed by atoms with Gasteiger partial charge in [0.25, 0.3) is 10.0 Å². The van der Waals surface area contributed by atoms with Gasteiger partial charge in [-0.2, -0.15) is 0 Å². The molecule has 1 aromatic heterocycles. The highest BCUT2D eigenvalue weighted by molar-refractivity contribution is 7.89. The van der Waals surface area contributed by atoms with E-state index in [1.54, 1.807) is 6.07 Å². The Kier molecular flexibility index (Phi) is 5.98. The quantitative estimate of drug-likeness (QED) is 0.599. The molecule has 114 valence electrons. The summed E-state index contributed by atoms with van der Waals surface area (Å²) in [6.07, 6.45) is 4.45. The first-order valence-electron chi connectivity index (χ1n) is 6.69. The molecule has 0 atom stereocenters. The van der Waals surface area contributed by atoms with Crippen LogP contribution in [-0.4, -0.2) is 20.5 Å². The summed E-state index contributed by atoms with van der Waals surface area (Å²) in [5.41, 5.74) is -0.0451. The van der Waals surface area contributed by atoms with Crippen LogP contribution in [0.25, 0.3) is 0 Å². The Morgan fingerprint density at radius 1 is 1.30 bits per heavy atom. The fourth-order valence-electron chi connectivity index (χ4n) is 1.46. The third-order valence-corrected chi connectivity index (χ3v) is 3.87. The monoisotopic (exact) mass is 300 g/mol. The van der Waals surface area contributed by atoms with Crippen molar-refractivity contribution in [3.63, 3.8) is 0 Å². The molecule has 0 aromatic carbocycles. The van der Waals surface area contributed by atoms with Gasteiger partial charge in [-0.05, 0) is 46.2 Å². The van der Waals surface area contributed by atoms with Crippen LogP contribution in [0.5, 0.6) is 0 Å². The Bertz CT molecular complexity index is 539. The van der Waals surface area contributed by atoms with E-state index in [4.69, 9.17) is 4.42 Å². The van der Waals surface area contributed by atoms with Gasteiger partial charge in [-0.25, -0.2) is 13.1 Å². The van der Waals surface area contributed by atoms with Crippen LogP contribution in [0.4, 0.5) is 0 Å². The van der Waals surface area contributed by atoms with Crippen LogP contribution in [-0.2, 0) is 16.6 Å². The number of hydrogen-bond donors (Lipinski definition) is 2. The van der Waals surface area contributed by atoms with Crippen molar-refractivity contribution < 1.29 is 12.8 Å². The Hall–Kier alpha value is -1.11. The summed E-state index contributed by atoms with van der Waals surface area (Å²) in [6, 6.07) is 3.16. The van der Waals surface area contributed by atoms with E-state index in [0.29, 0.717) is 25.3 Å². The Morgan fingerprint density at radius 2 is 2.00 bits per heavy atom. The molecule has 0 saturated heterocycles. The highest BCUT2D eigenvalue weighted by Crippen LogP contribution is 2.14. The molecule has 0 radical (unpaired) electrons. The molecule has 0 spiro atoms. The SMILES string of the molecule is C/C=C/CCNS(=O)(=O)c1ccc(CNC(C)(C)C)o1. The highest BCUT2D eigenvalue weighted by atomic mass is 32.2. The molecule has 1 heterocycles. The highest BCUT2D eigenvalue weighted by Gasteiger charge is 2.18. The van der Waals surface area contributed by atoms with Crippen molar-refractivity contribution in [2.75, 3.05) is 6.54 Å². The second-order valence-electron chi connectivity index (χ2n) is 5.58. The standard InChI is InChI=1S/C14H24N2O3S/c1-5-6-7-10-16-20(17,18)13-9-8-12(19-13)11-15-14(2,3)4/h5-6,8-9,15-16H,7,10-11H2,1-4H3/b6-5+. The lowest BCUT2D eigenvalue weighted by Crippen LogP contribution is -2.34. The van der Waals surface area contributed by atoms with Crippen molar-refractivity contribution in [3.8, 4) is 0 Å². The van der Waals surface area contributed by atoms with Crippen molar-refractivity contribution in [1.82, 2.24) is 10.0 Å². The van der Waals surface area contributed by atoms with E-state index in [9.17, 15) is 8.42 Å². The average molecular weight is 300 g/mol. The van der Waals surface area contributed by atoms with Gasteiger partial charge < -0.3 is 9.73 Å². The third-order valence-electron chi connectivity index (χ3n) is 2.53. The predicted molar refractivity (Wildman–Crippen MR) is 79.9 cm³/mol. The van der Waals surface area contributed by atoms with Gasteiger partial charge >= 0.3 is 0 Å². The Morgan fingerprint density at radius 3 is 2.60 bits per heavy atom. The summed E-state index contributed by atoms with van der Waals surface area (Å²) >= 11 is 0. The zero-order valence-electron chi connectivity index (χ0n) is 12.6. The van der Waals surface area contributed by atoms with E-state index in [1.807, 2.05) is 39.8 Å². The fourth-order valence-corrected chi connectivity index (χ4v) is 2.46. The van der Waals surface area contributed by atoms with Crippen molar-refractivity contribution in [2.45, 2.75) is 51.3 Å². The molecule has 20 heavy (non-hydrogen) atoms. The van der Waals surface area contributed by atoms with Gasteiger partial charge in [0.2, 0.25) is 5.09 Å². The van der Waals surface area contributed by atoms with Crippen LogP contribution in [0.15, 0.2) is 33.8 Å². The molecular formula is C14H24N2O3S. The summed E-state index contributed by atoms with van der Waals surface area (Å²) in [4.78, 5) is 0. The molecule has 6 heteroatoms. The van der Waals surface area contributed by atoms with Crippen molar-refractivity contribution >= 4 is 10.0 Å². The van der Waals surface area contributed by atoms with E-state index in [-0.39, 0.29) is 10.6 Å². The van der Waals surface area contributed by atoms with Crippen LogP contribution in [0.2, 0.25) is 0 Å². The van der Waals surface area contributed by atoms with Crippen molar-refractivity contribution in [1.29, 1.82) is 0 Å². The minimum absolute atomic E-state index is 0.0383. The molecule has 0 fully saturated rings. The molecule has 0 aliphatic heterocycles. The molecule has 1 rings (SSSR count). The van der Waals surface area contributed by atoms with E-state index < -0.39 is 10.0 Å². The van der Waals surface area contributed by atoms with E-state index in [1.165, 1.54) is 6.07 Å². The first-order valence-corrected chi connectivity index (χ1v) is 8.17. The van der Waals surface area contributed by atoms with Gasteiger partial charge in [0.15, 0.2) is 0 Å². The number of rotatable bonds is 7. The third kappa shape index (κ3) is 5.90. The minimum Gasteiger partial charge on any atom is -0.447 e. The Labute approximate surface area is 121 Å². The molecular weight excluding hydrogens is 276 g/mol. The number of nitrogens with one attached hydrogen (secondary N) is 2. The van der Waals surface area contributed by atoms with Crippen LogP contribution in [0.3, 0.4) is 0 Å². The molecule has 0 unspecified atom stereocenters. The van der Waals surface area contributed by atoms with Gasteiger partial charge in [0, 0.05) is 12.1 Å². The number of furan rings is 1. The number of hydrogen-bond acceptors (Lipinski definition) is 4. The fraction of sp³-hybridized carbons (Fsp3) is 0.571. The molecule has 2 N–H and O–H groups in total.